The number of carbonyl (C=O) groups is 4. The van der Waals surface area contributed by atoms with Crippen molar-refractivity contribution in [1.29, 1.82) is 0 Å². The van der Waals surface area contributed by atoms with Crippen LogP contribution < -0.4 is 10.6 Å². The molecule has 1 unspecified atom stereocenters. The number of amides is 4. The molecule has 0 bridgehead atoms. The number of hydrogen-bond acceptors (Lipinski definition) is 5. The lowest BCUT2D eigenvalue weighted by molar-refractivity contribution is -0.134. The quantitative estimate of drug-likeness (QED) is 0.309. The third-order valence-corrected chi connectivity index (χ3v) is 6.06. The molecule has 0 saturated carbocycles. The van der Waals surface area contributed by atoms with Crippen LogP contribution in [0.3, 0.4) is 0 Å². The largest absolute Gasteiger partial charge is 0.465 e. The van der Waals surface area contributed by atoms with Crippen LogP contribution in [-0.2, 0) is 19.9 Å². The van der Waals surface area contributed by atoms with E-state index in [-0.39, 0.29) is 0 Å². The molecule has 0 aliphatic carbocycles. The highest BCUT2D eigenvalue weighted by Crippen LogP contribution is 2.32. The van der Waals surface area contributed by atoms with Gasteiger partial charge in [-0.05, 0) is 48.4 Å². The third kappa shape index (κ3) is 5.36. The first-order valence-electron chi connectivity index (χ1n) is 11.7. The van der Waals surface area contributed by atoms with Crippen molar-refractivity contribution in [3.05, 3.63) is 101 Å². The summed E-state index contributed by atoms with van der Waals surface area (Å²) in [5.41, 5.74) is 1.60. The van der Waals surface area contributed by atoms with Crippen LogP contribution in [0.1, 0.15) is 40.4 Å². The molecule has 2 N–H and O–H groups in total. The number of ether oxygens (including phenoxy) is 1. The molecule has 3 aromatic carbocycles. The van der Waals surface area contributed by atoms with Gasteiger partial charge in [-0.25, -0.2) is 9.59 Å². The minimum absolute atomic E-state index is 0.350. The van der Waals surface area contributed by atoms with Crippen molar-refractivity contribution >= 4 is 29.5 Å². The number of anilines is 1. The van der Waals surface area contributed by atoms with E-state index in [1.807, 2.05) is 13.0 Å². The Hall–Kier alpha value is -4.90. The van der Waals surface area contributed by atoms with E-state index in [4.69, 9.17) is 4.74 Å². The van der Waals surface area contributed by atoms with E-state index in [0.717, 1.165) is 4.90 Å². The van der Waals surface area contributed by atoms with E-state index in [9.17, 15) is 19.2 Å². The van der Waals surface area contributed by atoms with Gasteiger partial charge in [-0.1, -0.05) is 61.2 Å². The molecule has 37 heavy (non-hydrogen) atoms. The Balaban J connectivity index is 1.45. The summed E-state index contributed by atoms with van der Waals surface area (Å²) in [6.45, 7) is 1.39. The Labute approximate surface area is 214 Å². The molecule has 0 aromatic heterocycles. The zero-order valence-electron chi connectivity index (χ0n) is 20.4. The standard InChI is InChI=1S/C29H25N3O5/c1-3-29(23-12-5-4-6-13-23)27(35)32(28(36)31-29)19-25(33)30-24-14-8-10-21(18-24)16-15-20-9-7-11-22(17-20)26(34)37-2/h4-14,17-18H,3,19H2,1-2H3,(H,30,33)(H,31,36). The molecule has 4 amide bonds. The van der Waals surface area contributed by atoms with Crippen molar-refractivity contribution < 1.29 is 23.9 Å². The number of nitrogens with zero attached hydrogens (tertiary/aromatic N) is 1. The first-order chi connectivity index (χ1) is 17.9. The van der Waals surface area contributed by atoms with E-state index in [2.05, 4.69) is 22.5 Å². The molecule has 8 nitrogen and oxygen atoms in total. The minimum Gasteiger partial charge on any atom is -0.465 e. The summed E-state index contributed by atoms with van der Waals surface area (Å²) in [7, 11) is 1.32. The number of hydrogen-bond donors (Lipinski definition) is 2. The van der Waals surface area contributed by atoms with Crippen molar-refractivity contribution in [2.24, 2.45) is 0 Å². The van der Waals surface area contributed by atoms with E-state index in [1.54, 1.807) is 72.8 Å². The summed E-state index contributed by atoms with van der Waals surface area (Å²) in [5.74, 6) is 4.56. The highest BCUT2D eigenvalue weighted by atomic mass is 16.5. The van der Waals surface area contributed by atoms with Crippen LogP contribution in [-0.4, -0.2) is 42.4 Å². The molecule has 1 fully saturated rings. The van der Waals surface area contributed by atoms with E-state index in [0.29, 0.717) is 34.4 Å². The van der Waals surface area contributed by atoms with Gasteiger partial charge in [0.1, 0.15) is 12.1 Å². The molecule has 1 saturated heterocycles. The first-order valence-corrected chi connectivity index (χ1v) is 11.7. The summed E-state index contributed by atoms with van der Waals surface area (Å²) in [6.07, 6.45) is 0.350. The van der Waals surface area contributed by atoms with Crippen molar-refractivity contribution in [2.75, 3.05) is 19.0 Å². The van der Waals surface area contributed by atoms with Crippen LogP contribution in [0.2, 0.25) is 0 Å². The molecule has 3 aromatic rings. The lowest BCUT2D eigenvalue weighted by Gasteiger charge is -2.25. The minimum atomic E-state index is -1.20. The lowest BCUT2D eigenvalue weighted by atomic mass is 9.87. The molecule has 1 heterocycles. The van der Waals surface area contributed by atoms with Gasteiger partial charge in [-0.3, -0.25) is 14.5 Å². The number of nitrogens with one attached hydrogen (secondary N) is 2. The van der Waals surface area contributed by atoms with E-state index >= 15 is 0 Å². The van der Waals surface area contributed by atoms with E-state index in [1.165, 1.54) is 7.11 Å². The van der Waals surface area contributed by atoms with Gasteiger partial charge in [0.2, 0.25) is 5.91 Å². The second kappa shape index (κ2) is 10.8. The van der Waals surface area contributed by atoms with E-state index < -0.39 is 35.9 Å². The maximum absolute atomic E-state index is 13.2. The molecular weight excluding hydrogens is 470 g/mol. The summed E-state index contributed by atoms with van der Waals surface area (Å²) in [4.78, 5) is 51.3. The predicted octanol–water partition coefficient (Wildman–Crippen LogP) is 3.67. The van der Waals surface area contributed by atoms with Crippen LogP contribution in [0, 0.1) is 11.8 Å². The molecule has 1 aliphatic rings. The van der Waals surface area contributed by atoms with Crippen LogP contribution >= 0.6 is 0 Å². The Bertz CT molecular complexity index is 1420. The van der Waals surface area contributed by atoms with Gasteiger partial charge in [0.25, 0.3) is 5.91 Å². The maximum atomic E-state index is 13.2. The Morgan fingerprint density at radius 3 is 2.30 bits per heavy atom. The molecular formula is C29H25N3O5. The van der Waals surface area contributed by atoms with Crippen LogP contribution in [0.4, 0.5) is 10.5 Å². The van der Waals surface area contributed by atoms with Crippen LogP contribution in [0.25, 0.3) is 0 Å². The average Bonchev–Trinajstić information content (AvgIpc) is 3.17. The Morgan fingerprint density at radius 2 is 1.62 bits per heavy atom. The monoisotopic (exact) mass is 495 g/mol. The molecule has 0 spiro atoms. The first kappa shape index (κ1) is 25.2. The maximum Gasteiger partial charge on any atom is 0.337 e. The van der Waals surface area contributed by atoms with Crippen molar-refractivity contribution in [1.82, 2.24) is 10.2 Å². The molecule has 4 rings (SSSR count). The number of rotatable bonds is 6. The van der Waals surface area contributed by atoms with Crippen molar-refractivity contribution in [3.63, 3.8) is 0 Å². The highest BCUT2D eigenvalue weighted by molar-refractivity contribution is 6.10. The van der Waals surface area contributed by atoms with Gasteiger partial charge < -0.3 is 15.4 Å². The average molecular weight is 496 g/mol. The Kier molecular flexibility index (Phi) is 7.35. The SMILES string of the molecule is CCC1(c2ccccc2)NC(=O)N(CC(=O)Nc2cccc(C#Cc3cccc(C(=O)OC)c3)c2)C1=O. The van der Waals surface area contributed by atoms with Gasteiger partial charge in [-0.15, -0.1) is 0 Å². The fourth-order valence-electron chi connectivity index (χ4n) is 4.14. The number of imide groups is 1. The Morgan fingerprint density at radius 1 is 0.946 bits per heavy atom. The van der Waals surface area contributed by atoms with Gasteiger partial charge in [0.05, 0.1) is 12.7 Å². The fraction of sp³-hybridized carbons (Fsp3) is 0.172. The topological polar surface area (TPSA) is 105 Å². The molecule has 8 heteroatoms. The van der Waals surface area contributed by atoms with Gasteiger partial charge >= 0.3 is 12.0 Å². The normalized spacial score (nSPS) is 16.4. The fourth-order valence-corrected chi connectivity index (χ4v) is 4.14. The molecule has 1 atom stereocenters. The number of carbonyl (C=O) groups excluding carboxylic acids is 4. The highest BCUT2D eigenvalue weighted by Gasteiger charge is 2.51. The number of esters is 1. The number of benzene rings is 3. The summed E-state index contributed by atoms with van der Waals surface area (Å²) < 4.78 is 4.73. The predicted molar refractivity (Wildman–Crippen MR) is 137 cm³/mol. The molecule has 186 valence electrons. The zero-order chi connectivity index (χ0) is 26.4. The third-order valence-electron chi connectivity index (χ3n) is 6.06. The van der Waals surface area contributed by atoms with Crippen molar-refractivity contribution in [2.45, 2.75) is 18.9 Å². The summed E-state index contributed by atoms with van der Waals surface area (Å²) >= 11 is 0. The number of urea groups is 1. The van der Waals surface area contributed by atoms with Crippen LogP contribution in [0.15, 0.2) is 78.9 Å². The number of methoxy groups -OCH3 is 1. The second-order valence-electron chi connectivity index (χ2n) is 8.40. The summed E-state index contributed by atoms with van der Waals surface area (Å²) in [6, 6.07) is 22.0. The molecule has 1 aliphatic heterocycles. The van der Waals surface area contributed by atoms with Gasteiger partial charge in [0.15, 0.2) is 0 Å². The lowest BCUT2D eigenvalue weighted by Crippen LogP contribution is -2.44. The second-order valence-corrected chi connectivity index (χ2v) is 8.40. The van der Waals surface area contributed by atoms with Gasteiger partial charge in [-0.2, -0.15) is 0 Å². The zero-order valence-corrected chi connectivity index (χ0v) is 20.4. The van der Waals surface area contributed by atoms with Crippen molar-refractivity contribution in [3.8, 4) is 11.8 Å². The molecule has 0 radical (unpaired) electrons. The summed E-state index contributed by atoms with van der Waals surface area (Å²) in [5, 5.41) is 5.49. The smallest absolute Gasteiger partial charge is 0.337 e. The van der Waals surface area contributed by atoms with Crippen LogP contribution in [0.5, 0.6) is 0 Å². The van der Waals surface area contributed by atoms with Gasteiger partial charge in [0, 0.05) is 16.8 Å².